The van der Waals surface area contributed by atoms with Crippen LogP contribution in [0.25, 0.3) is 0 Å². The second-order valence-corrected chi connectivity index (χ2v) is 5.06. The van der Waals surface area contributed by atoms with Gasteiger partial charge >= 0.3 is 0 Å². The normalized spacial score (nSPS) is 23.2. The lowest BCUT2D eigenvalue weighted by Crippen LogP contribution is -2.32. The van der Waals surface area contributed by atoms with E-state index in [2.05, 4.69) is 11.0 Å². The molecule has 96 valence electrons. The summed E-state index contributed by atoms with van der Waals surface area (Å²) in [4.78, 5) is 2.18. The van der Waals surface area contributed by atoms with Crippen LogP contribution in [-0.2, 0) is 6.42 Å². The zero-order valence-corrected chi connectivity index (χ0v) is 11.4. The van der Waals surface area contributed by atoms with Gasteiger partial charge in [-0.1, -0.05) is 18.5 Å². The number of hydrogen-bond donors (Lipinski definition) is 1. The summed E-state index contributed by atoms with van der Waals surface area (Å²) in [5.41, 5.74) is 2.56. The molecule has 1 saturated heterocycles. The lowest BCUT2D eigenvalue weighted by molar-refractivity contribution is 0.170. The zero-order valence-electron chi connectivity index (χ0n) is 10.7. The van der Waals surface area contributed by atoms with E-state index in [-0.39, 0.29) is 12.1 Å². The van der Waals surface area contributed by atoms with E-state index in [4.69, 9.17) is 16.9 Å². The molecule has 0 amide bonds. The molecule has 1 aliphatic rings. The highest BCUT2D eigenvalue weighted by Gasteiger charge is 2.30. The molecule has 0 radical (unpaired) electrons. The van der Waals surface area contributed by atoms with Crippen LogP contribution in [0.15, 0.2) is 12.1 Å². The van der Waals surface area contributed by atoms with Gasteiger partial charge in [-0.15, -0.1) is 0 Å². The fourth-order valence-electron chi connectivity index (χ4n) is 2.57. The molecule has 1 heterocycles. The minimum absolute atomic E-state index is 0.0966. The van der Waals surface area contributed by atoms with Crippen LogP contribution < -0.4 is 4.90 Å². The van der Waals surface area contributed by atoms with Crippen molar-refractivity contribution in [3.05, 3.63) is 28.3 Å². The van der Waals surface area contributed by atoms with Gasteiger partial charge in [-0.05, 0) is 37.5 Å². The molecule has 3 nitrogen and oxygen atoms in total. The maximum atomic E-state index is 9.84. The molecule has 18 heavy (non-hydrogen) atoms. The van der Waals surface area contributed by atoms with Crippen LogP contribution in [0, 0.1) is 11.3 Å². The van der Waals surface area contributed by atoms with E-state index >= 15 is 0 Å². The Balaban J connectivity index is 2.46. The Morgan fingerprint density at radius 1 is 1.56 bits per heavy atom. The van der Waals surface area contributed by atoms with Gasteiger partial charge < -0.3 is 10.0 Å². The minimum atomic E-state index is -0.288. The van der Waals surface area contributed by atoms with E-state index in [1.54, 1.807) is 6.07 Å². The van der Waals surface area contributed by atoms with Crippen LogP contribution in [-0.4, -0.2) is 23.8 Å². The van der Waals surface area contributed by atoms with Crippen molar-refractivity contribution in [2.24, 2.45) is 0 Å². The Hall–Kier alpha value is -1.24. The first-order valence-electron chi connectivity index (χ1n) is 6.26. The average molecular weight is 265 g/mol. The maximum Gasteiger partial charge on any atom is 0.101 e. The van der Waals surface area contributed by atoms with Gasteiger partial charge in [-0.25, -0.2) is 0 Å². The molecule has 0 spiro atoms. The molecule has 1 aliphatic heterocycles. The molecule has 1 N–H and O–H groups in total. The summed E-state index contributed by atoms with van der Waals surface area (Å²) in [7, 11) is 0. The number of nitrogens with zero attached hydrogens (tertiary/aromatic N) is 2. The van der Waals surface area contributed by atoms with Gasteiger partial charge in [0.25, 0.3) is 0 Å². The first-order valence-corrected chi connectivity index (χ1v) is 6.64. The van der Waals surface area contributed by atoms with E-state index in [1.165, 1.54) is 0 Å². The van der Waals surface area contributed by atoms with Crippen molar-refractivity contribution in [1.29, 1.82) is 5.26 Å². The van der Waals surface area contributed by atoms with Crippen LogP contribution in [0.4, 0.5) is 5.69 Å². The average Bonchev–Trinajstić information content (AvgIpc) is 2.69. The van der Waals surface area contributed by atoms with Crippen LogP contribution >= 0.6 is 11.6 Å². The second kappa shape index (κ2) is 5.17. The third-order valence-electron chi connectivity index (χ3n) is 3.72. The molecular formula is C14H17ClN2O. The quantitative estimate of drug-likeness (QED) is 0.894. The minimum Gasteiger partial charge on any atom is -0.391 e. The maximum absolute atomic E-state index is 9.84. The summed E-state index contributed by atoms with van der Waals surface area (Å²) in [5.74, 6) is 0. The molecule has 2 unspecified atom stereocenters. The lowest BCUT2D eigenvalue weighted by atomic mass is 10.0. The topological polar surface area (TPSA) is 47.3 Å². The number of rotatable bonds is 2. The van der Waals surface area contributed by atoms with Crippen molar-refractivity contribution in [2.45, 2.75) is 38.8 Å². The first-order chi connectivity index (χ1) is 8.60. The zero-order chi connectivity index (χ0) is 13.3. The molecule has 1 aromatic carbocycles. The summed E-state index contributed by atoms with van der Waals surface area (Å²) in [6, 6.07) is 5.90. The van der Waals surface area contributed by atoms with Gasteiger partial charge in [0.1, 0.15) is 6.07 Å². The van der Waals surface area contributed by atoms with E-state index in [0.717, 1.165) is 30.6 Å². The molecule has 2 atom stereocenters. The highest BCUT2D eigenvalue weighted by Crippen LogP contribution is 2.34. The Morgan fingerprint density at radius 2 is 2.28 bits per heavy atom. The molecule has 4 heteroatoms. The lowest BCUT2D eigenvalue weighted by Gasteiger charge is -2.27. The second-order valence-electron chi connectivity index (χ2n) is 4.68. The van der Waals surface area contributed by atoms with Gasteiger partial charge in [0.05, 0.1) is 22.7 Å². The van der Waals surface area contributed by atoms with Crippen molar-refractivity contribution >= 4 is 17.3 Å². The van der Waals surface area contributed by atoms with Crippen molar-refractivity contribution in [1.82, 2.24) is 0 Å². The van der Waals surface area contributed by atoms with Gasteiger partial charge in [0.15, 0.2) is 0 Å². The van der Waals surface area contributed by atoms with Crippen LogP contribution in [0.3, 0.4) is 0 Å². The smallest absolute Gasteiger partial charge is 0.101 e. The first kappa shape index (κ1) is 13.2. The molecular weight excluding hydrogens is 248 g/mol. The Morgan fingerprint density at radius 3 is 2.78 bits per heavy atom. The van der Waals surface area contributed by atoms with E-state index < -0.39 is 0 Å². The van der Waals surface area contributed by atoms with Gasteiger partial charge in [0.2, 0.25) is 0 Å². The number of benzene rings is 1. The third kappa shape index (κ3) is 2.07. The summed E-state index contributed by atoms with van der Waals surface area (Å²) in [5, 5.41) is 19.4. The van der Waals surface area contributed by atoms with Crippen LogP contribution in [0.2, 0.25) is 5.02 Å². The number of halogens is 1. The van der Waals surface area contributed by atoms with Crippen molar-refractivity contribution in [2.75, 3.05) is 11.4 Å². The van der Waals surface area contributed by atoms with Crippen LogP contribution in [0.1, 0.15) is 31.4 Å². The predicted molar refractivity (Wildman–Crippen MR) is 73.0 cm³/mol. The fourth-order valence-corrected chi connectivity index (χ4v) is 2.90. The molecule has 0 aliphatic carbocycles. The van der Waals surface area contributed by atoms with E-state index in [9.17, 15) is 5.11 Å². The van der Waals surface area contributed by atoms with Gasteiger partial charge in [-0.2, -0.15) is 5.26 Å². The summed E-state index contributed by atoms with van der Waals surface area (Å²) >= 11 is 6.27. The fraction of sp³-hybridized carbons (Fsp3) is 0.500. The van der Waals surface area contributed by atoms with E-state index in [1.807, 2.05) is 19.9 Å². The number of hydrogen-bond acceptors (Lipinski definition) is 3. The third-order valence-corrected chi connectivity index (χ3v) is 4.15. The summed E-state index contributed by atoms with van der Waals surface area (Å²) in [6.07, 6.45) is 1.27. The van der Waals surface area contributed by atoms with Crippen LogP contribution in [0.5, 0.6) is 0 Å². The molecule has 0 aromatic heterocycles. The number of nitriles is 1. The molecule has 2 rings (SSSR count). The summed E-state index contributed by atoms with van der Waals surface area (Å²) < 4.78 is 0. The number of aliphatic hydroxyl groups excluding tert-OH is 1. The van der Waals surface area contributed by atoms with Crippen molar-refractivity contribution < 1.29 is 5.11 Å². The monoisotopic (exact) mass is 264 g/mol. The molecule has 0 bridgehead atoms. The highest BCUT2D eigenvalue weighted by molar-refractivity contribution is 6.33. The predicted octanol–water partition coefficient (Wildman–Crippen LogP) is 2.73. The largest absolute Gasteiger partial charge is 0.391 e. The SMILES string of the molecule is CCc1c(N2CCC(O)C2C)ccc(C#N)c1Cl. The molecule has 1 fully saturated rings. The van der Waals surface area contributed by atoms with Gasteiger partial charge in [0, 0.05) is 12.2 Å². The van der Waals surface area contributed by atoms with Gasteiger partial charge in [-0.3, -0.25) is 0 Å². The standard InChI is InChI=1S/C14H17ClN2O/c1-3-11-12(5-4-10(8-16)14(11)15)17-7-6-13(18)9(17)2/h4-5,9,13,18H,3,6-7H2,1-2H3. The number of anilines is 1. The Bertz CT molecular complexity index is 495. The van der Waals surface area contributed by atoms with Crippen molar-refractivity contribution in [3.8, 4) is 6.07 Å². The number of aliphatic hydroxyl groups is 1. The Kier molecular flexibility index (Phi) is 3.79. The Labute approximate surface area is 113 Å². The molecule has 1 aromatic rings. The summed E-state index contributed by atoms with van der Waals surface area (Å²) in [6.45, 7) is 4.88. The van der Waals surface area contributed by atoms with E-state index in [0.29, 0.717) is 10.6 Å². The molecule has 0 saturated carbocycles. The highest BCUT2D eigenvalue weighted by atomic mass is 35.5. The van der Waals surface area contributed by atoms with Crippen molar-refractivity contribution in [3.63, 3.8) is 0 Å².